The summed E-state index contributed by atoms with van der Waals surface area (Å²) in [7, 11) is 2.22. The van der Waals surface area contributed by atoms with Crippen LogP contribution in [0.1, 0.15) is 38.0 Å². The lowest BCUT2D eigenvalue weighted by Crippen LogP contribution is -2.32. The van der Waals surface area contributed by atoms with E-state index in [4.69, 9.17) is 4.42 Å². The van der Waals surface area contributed by atoms with Crippen LogP contribution in [0.2, 0.25) is 0 Å². The number of hydrogen-bond acceptors (Lipinski definition) is 3. The van der Waals surface area contributed by atoms with E-state index < -0.39 is 0 Å². The van der Waals surface area contributed by atoms with Crippen molar-refractivity contribution in [2.75, 3.05) is 20.1 Å². The van der Waals surface area contributed by atoms with Gasteiger partial charge in [0.2, 0.25) is 0 Å². The molecule has 0 spiro atoms. The molecule has 0 radical (unpaired) electrons. The van der Waals surface area contributed by atoms with E-state index in [1.807, 2.05) is 12.1 Å². The van der Waals surface area contributed by atoms with Gasteiger partial charge in [0.1, 0.15) is 5.76 Å². The van der Waals surface area contributed by atoms with Crippen LogP contribution in [0, 0.1) is 0 Å². The van der Waals surface area contributed by atoms with Crippen LogP contribution in [0.25, 0.3) is 0 Å². The third-order valence-electron chi connectivity index (χ3n) is 3.32. The molecule has 3 nitrogen and oxygen atoms in total. The highest BCUT2D eigenvalue weighted by Crippen LogP contribution is 2.24. The van der Waals surface area contributed by atoms with E-state index in [1.54, 1.807) is 6.26 Å². The van der Waals surface area contributed by atoms with Crippen LogP contribution in [-0.4, -0.2) is 31.1 Å². The molecule has 1 N–H and O–H groups in total. The van der Waals surface area contributed by atoms with E-state index in [0.29, 0.717) is 6.04 Å². The topological polar surface area (TPSA) is 28.4 Å². The standard InChI is InChI=1S/C13H22N2O/c1-3-12(13-5-4-10-16-13)14-8-9-15(2)11-6-7-11/h4-5,10-12,14H,3,6-9H2,1-2H3. The molecule has 0 aromatic carbocycles. The monoisotopic (exact) mass is 222 g/mol. The van der Waals surface area contributed by atoms with Gasteiger partial charge in [-0.15, -0.1) is 0 Å². The van der Waals surface area contributed by atoms with Crippen LogP contribution in [-0.2, 0) is 0 Å². The van der Waals surface area contributed by atoms with E-state index in [-0.39, 0.29) is 0 Å². The fourth-order valence-corrected chi connectivity index (χ4v) is 2.05. The first-order chi connectivity index (χ1) is 7.81. The van der Waals surface area contributed by atoms with Crippen LogP contribution < -0.4 is 5.32 Å². The summed E-state index contributed by atoms with van der Waals surface area (Å²) in [6, 6.07) is 5.22. The molecule has 1 saturated carbocycles. The first kappa shape index (κ1) is 11.7. The molecular weight excluding hydrogens is 200 g/mol. The number of hydrogen-bond donors (Lipinski definition) is 1. The second-order valence-electron chi connectivity index (χ2n) is 4.64. The molecule has 0 aliphatic heterocycles. The molecule has 1 atom stereocenters. The van der Waals surface area contributed by atoms with E-state index >= 15 is 0 Å². The summed E-state index contributed by atoms with van der Waals surface area (Å²) in [5, 5.41) is 3.55. The van der Waals surface area contributed by atoms with Gasteiger partial charge in [0.05, 0.1) is 12.3 Å². The molecule has 1 heterocycles. The highest BCUT2D eigenvalue weighted by atomic mass is 16.3. The number of rotatable bonds is 7. The third kappa shape index (κ3) is 3.09. The van der Waals surface area contributed by atoms with Gasteiger partial charge in [0.25, 0.3) is 0 Å². The summed E-state index contributed by atoms with van der Waals surface area (Å²) in [6.07, 6.45) is 5.58. The highest BCUT2D eigenvalue weighted by Gasteiger charge is 2.25. The first-order valence-corrected chi connectivity index (χ1v) is 6.28. The zero-order chi connectivity index (χ0) is 11.4. The van der Waals surface area contributed by atoms with Crippen molar-refractivity contribution in [2.24, 2.45) is 0 Å². The Bertz CT molecular complexity index is 293. The molecular formula is C13H22N2O. The Hall–Kier alpha value is -0.800. The Morgan fingerprint density at radius 3 is 2.94 bits per heavy atom. The highest BCUT2D eigenvalue weighted by molar-refractivity contribution is 5.03. The van der Waals surface area contributed by atoms with Gasteiger partial charge in [-0.05, 0) is 38.4 Å². The smallest absolute Gasteiger partial charge is 0.120 e. The van der Waals surface area contributed by atoms with Crippen LogP contribution >= 0.6 is 0 Å². The Kier molecular flexibility index (Phi) is 4.02. The maximum absolute atomic E-state index is 5.43. The zero-order valence-electron chi connectivity index (χ0n) is 10.3. The van der Waals surface area contributed by atoms with Gasteiger partial charge in [-0.25, -0.2) is 0 Å². The van der Waals surface area contributed by atoms with Crippen molar-refractivity contribution in [1.82, 2.24) is 10.2 Å². The van der Waals surface area contributed by atoms with Crippen molar-refractivity contribution >= 4 is 0 Å². The fourth-order valence-electron chi connectivity index (χ4n) is 2.05. The normalized spacial score (nSPS) is 17.9. The molecule has 1 aromatic heterocycles. The van der Waals surface area contributed by atoms with Gasteiger partial charge in [-0.1, -0.05) is 6.92 Å². The predicted octanol–water partition coefficient (Wildman–Crippen LogP) is 2.41. The minimum absolute atomic E-state index is 0.364. The van der Waals surface area contributed by atoms with Crippen LogP contribution in [0.4, 0.5) is 0 Å². The number of nitrogens with one attached hydrogen (secondary N) is 1. The van der Waals surface area contributed by atoms with Crippen LogP contribution in [0.3, 0.4) is 0 Å². The van der Waals surface area contributed by atoms with E-state index in [9.17, 15) is 0 Å². The van der Waals surface area contributed by atoms with Gasteiger partial charge >= 0.3 is 0 Å². The second kappa shape index (κ2) is 5.51. The number of furan rings is 1. The molecule has 0 amide bonds. The maximum Gasteiger partial charge on any atom is 0.120 e. The lowest BCUT2D eigenvalue weighted by atomic mass is 10.2. The minimum Gasteiger partial charge on any atom is -0.468 e. The van der Waals surface area contributed by atoms with Crippen molar-refractivity contribution in [3.8, 4) is 0 Å². The van der Waals surface area contributed by atoms with Crippen molar-refractivity contribution in [3.63, 3.8) is 0 Å². The Morgan fingerprint density at radius 1 is 1.56 bits per heavy atom. The molecule has 3 heteroatoms. The summed E-state index contributed by atoms with van der Waals surface area (Å²) in [5.41, 5.74) is 0. The Morgan fingerprint density at radius 2 is 2.38 bits per heavy atom. The first-order valence-electron chi connectivity index (χ1n) is 6.28. The SMILES string of the molecule is CCC(NCCN(C)C1CC1)c1ccco1. The van der Waals surface area contributed by atoms with E-state index in [1.165, 1.54) is 12.8 Å². The minimum atomic E-state index is 0.364. The average Bonchev–Trinajstić information content (AvgIpc) is 3.01. The summed E-state index contributed by atoms with van der Waals surface area (Å²) in [5.74, 6) is 1.05. The molecule has 90 valence electrons. The summed E-state index contributed by atoms with van der Waals surface area (Å²) in [4.78, 5) is 2.45. The molecule has 1 aromatic rings. The van der Waals surface area contributed by atoms with E-state index in [0.717, 1.165) is 31.3 Å². The largest absolute Gasteiger partial charge is 0.468 e. The molecule has 1 aliphatic carbocycles. The molecule has 0 saturated heterocycles. The van der Waals surface area contributed by atoms with Crippen molar-refractivity contribution in [1.29, 1.82) is 0 Å². The molecule has 0 bridgehead atoms. The predicted molar refractivity (Wildman–Crippen MR) is 65.4 cm³/mol. The van der Waals surface area contributed by atoms with Crippen molar-refractivity contribution in [3.05, 3.63) is 24.2 Å². The lowest BCUT2D eigenvalue weighted by Gasteiger charge is -2.19. The molecule has 1 fully saturated rings. The van der Waals surface area contributed by atoms with Gasteiger partial charge < -0.3 is 14.6 Å². The van der Waals surface area contributed by atoms with E-state index in [2.05, 4.69) is 24.2 Å². The van der Waals surface area contributed by atoms with Gasteiger partial charge in [-0.3, -0.25) is 0 Å². The van der Waals surface area contributed by atoms with Crippen LogP contribution in [0.5, 0.6) is 0 Å². The average molecular weight is 222 g/mol. The number of nitrogens with zero attached hydrogens (tertiary/aromatic N) is 1. The van der Waals surface area contributed by atoms with Gasteiger partial charge in [0.15, 0.2) is 0 Å². The molecule has 16 heavy (non-hydrogen) atoms. The summed E-state index contributed by atoms with van der Waals surface area (Å²) >= 11 is 0. The summed E-state index contributed by atoms with van der Waals surface area (Å²) in [6.45, 7) is 4.35. The second-order valence-corrected chi connectivity index (χ2v) is 4.64. The van der Waals surface area contributed by atoms with Crippen LogP contribution in [0.15, 0.2) is 22.8 Å². The molecule has 1 unspecified atom stereocenters. The van der Waals surface area contributed by atoms with Gasteiger partial charge in [0, 0.05) is 19.1 Å². The molecule has 1 aliphatic rings. The maximum atomic E-state index is 5.43. The fraction of sp³-hybridized carbons (Fsp3) is 0.692. The lowest BCUT2D eigenvalue weighted by molar-refractivity contribution is 0.306. The molecule has 2 rings (SSSR count). The Balaban J connectivity index is 1.70. The summed E-state index contributed by atoms with van der Waals surface area (Å²) < 4.78 is 5.43. The van der Waals surface area contributed by atoms with Crippen molar-refractivity contribution in [2.45, 2.75) is 38.3 Å². The van der Waals surface area contributed by atoms with Gasteiger partial charge in [-0.2, -0.15) is 0 Å². The zero-order valence-corrected chi connectivity index (χ0v) is 10.3. The number of likely N-dealkylation sites (N-methyl/N-ethyl adjacent to an activating group) is 1. The Labute approximate surface area is 97.8 Å². The van der Waals surface area contributed by atoms with Crippen molar-refractivity contribution < 1.29 is 4.42 Å². The quantitative estimate of drug-likeness (QED) is 0.768. The third-order valence-corrected chi connectivity index (χ3v) is 3.32.